The Labute approximate surface area is 99.6 Å². The summed E-state index contributed by atoms with van der Waals surface area (Å²) in [7, 11) is 1.23. The van der Waals surface area contributed by atoms with Crippen LogP contribution >= 0.6 is 0 Å². The van der Waals surface area contributed by atoms with E-state index < -0.39 is 17.5 Å². The lowest BCUT2D eigenvalue weighted by atomic mass is 9.99. The molecule has 17 heavy (non-hydrogen) atoms. The molecule has 0 atom stereocenters. The number of Topliss-reactive ketones (excluding diaryl/α,β-unsaturated/α-hetero) is 2. The molecule has 1 aromatic carbocycles. The molecule has 1 rings (SSSR count). The number of hydrogen-bond donors (Lipinski definition) is 0. The van der Waals surface area contributed by atoms with Crippen LogP contribution in [0.15, 0.2) is 24.3 Å². The van der Waals surface area contributed by atoms with Crippen LogP contribution in [0.4, 0.5) is 0 Å². The zero-order valence-electron chi connectivity index (χ0n) is 9.86. The number of carbonyl (C=O) groups is 3. The minimum absolute atomic E-state index is 0.109. The van der Waals surface area contributed by atoms with E-state index in [0.717, 1.165) is 0 Å². The second-order valence-electron chi connectivity index (χ2n) is 3.54. The summed E-state index contributed by atoms with van der Waals surface area (Å²) in [6, 6.07) is 6.16. The van der Waals surface area contributed by atoms with Crippen molar-refractivity contribution < 1.29 is 19.1 Å². The second-order valence-corrected chi connectivity index (χ2v) is 3.54. The number of rotatable bonds is 5. The Bertz CT molecular complexity index is 448. The van der Waals surface area contributed by atoms with Gasteiger partial charge >= 0.3 is 5.97 Å². The third-order valence-electron chi connectivity index (χ3n) is 2.31. The molecule has 0 aliphatic carbocycles. The molecule has 0 aliphatic heterocycles. The highest BCUT2D eigenvalue weighted by molar-refractivity contribution is 6.44. The summed E-state index contributed by atoms with van der Waals surface area (Å²) in [4.78, 5) is 34.8. The molecule has 0 saturated heterocycles. The van der Waals surface area contributed by atoms with Crippen LogP contribution in [0.1, 0.15) is 40.5 Å². The summed E-state index contributed by atoms with van der Waals surface area (Å²) in [6.45, 7) is 1.82. The normalized spacial score (nSPS) is 9.76. The van der Waals surface area contributed by atoms with Crippen molar-refractivity contribution in [2.45, 2.75) is 19.8 Å². The van der Waals surface area contributed by atoms with Crippen LogP contribution < -0.4 is 0 Å². The lowest BCUT2D eigenvalue weighted by Gasteiger charge is -2.05. The topological polar surface area (TPSA) is 60.4 Å². The summed E-state index contributed by atoms with van der Waals surface area (Å²) < 4.78 is 4.56. The van der Waals surface area contributed by atoms with Crippen molar-refractivity contribution in [1.82, 2.24) is 0 Å². The lowest BCUT2D eigenvalue weighted by molar-refractivity contribution is -0.115. The van der Waals surface area contributed by atoms with Gasteiger partial charge in [-0.2, -0.15) is 0 Å². The Balaban J connectivity index is 3.09. The third kappa shape index (κ3) is 3.00. The molecule has 0 saturated carbocycles. The number of hydrogen-bond acceptors (Lipinski definition) is 4. The lowest BCUT2D eigenvalue weighted by Crippen LogP contribution is -2.18. The van der Waals surface area contributed by atoms with Gasteiger partial charge in [-0.25, -0.2) is 4.79 Å². The van der Waals surface area contributed by atoms with Crippen LogP contribution in [0, 0.1) is 0 Å². The molecule has 0 N–H and O–H groups in total. The van der Waals surface area contributed by atoms with Gasteiger partial charge in [0, 0.05) is 12.0 Å². The first-order valence-corrected chi connectivity index (χ1v) is 5.36. The van der Waals surface area contributed by atoms with Crippen LogP contribution in [-0.2, 0) is 9.53 Å². The first-order chi connectivity index (χ1) is 8.11. The molecule has 0 bridgehead atoms. The van der Waals surface area contributed by atoms with E-state index in [2.05, 4.69) is 4.74 Å². The number of ketones is 2. The van der Waals surface area contributed by atoms with Gasteiger partial charge in [0.15, 0.2) is 0 Å². The smallest absolute Gasteiger partial charge is 0.338 e. The fraction of sp³-hybridized carbons (Fsp3) is 0.308. The molecule has 4 nitrogen and oxygen atoms in total. The number of carbonyl (C=O) groups excluding carboxylic acids is 3. The molecule has 1 aromatic rings. The summed E-state index contributed by atoms with van der Waals surface area (Å²) >= 11 is 0. The predicted molar refractivity (Wildman–Crippen MR) is 62.0 cm³/mol. The van der Waals surface area contributed by atoms with Gasteiger partial charge < -0.3 is 4.74 Å². The highest BCUT2D eigenvalue weighted by Gasteiger charge is 2.21. The van der Waals surface area contributed by atoms with Crippen molar-refractivity contribution >= 4 is 17.5 Å². The Morgan fingerprint density at radius 3 is 2.24 bits per heavy atom. The van der Waals surface area contributed by atoms with Crippen molar-refractivity contribution in [2.24, 2.45) is 0 Å². The average Bonchev–Trinajstić information content (AvgIpc) is 2.37. The quantitative estimate of drug-likeness (QED) is 0.444. The maximum absolute atomic E-state index is 11.8. The summed E-state index contributed by atoms with van der Waals surface area (Å²) in [5.74, 6) is -1.73. The van der Waals surface area contributed by atoms with Crippen molar-refractivity contribution in [3.63, 3.8) is 0 Å². The zero-order valence-corrected chi connectivity index (χ0v) is 9.86. The molecule has 0 spiro atoms. The standard InChI is InChI=1S/C13H14O4/c1-3-6-11(14)12(15)9-7-4-5-8-10(9)13(16)17-2/h4-5,7-8H,3,6H2,1-2H3. The minimum Gasteiger partial charge on any atom is -0.465 e. The van der Waals surface area contributed by atoms with Crippen molar-refractivity contribution in [1.29, 1.82) is 0 Å². The highest BCUT2D eigenvalue weighted by Crippen LogP contribution is 2.12. The largest absolute Gasteiger partial charge is 0.465 e. The average molecular weight is 234 g/mol. The Hall–Kier alpha value is -1.97. The van der Waals surface area contributed by atoms with Crippen molar-refractivity contribution in [2.75, 3.05) is 7.11 Å². The molecule has 4 heteroatoms. The van der Waals surface area contributed by atoms with Gasteiger partial charge in [-0.15, -0.1) is 0 Å². The van der Waals surface area contributed by atoms with E-state index in [1.807, 2.05) is 6.92 Å². The monoisotopic (exact) mass is 234 g/mol. The maximum atomic E-state index is 11.8. The second kappa shape index (κ2) is 5.94. The number of ether oxygens (including phenoxy) is 1. The van der Waals surface area contributed by atoms with Crippen LogP contribution in [0.5, 0.6) is 0 Å². The zero-order chi connectivity index (χ0) is 12.8. The molecule has 0 heterocycles. The SMILES string of the molecule is CCCC(=O)C(=O)c1ccccc1C(=O)OC. The van der Waals surface area contributed by atoms with Crippen LogP contribution in [0.2, 0.25) is 0 Å². The van der Waals surface area contributed by atoms with Gasteiger partial charge in [0.1, 0.15) is 0 Å². The van der Waals surface area contributed by atoms with E-state index >= 15 is 0 Å². The van der Waals surface area contributed by atoms with Crippen LogP contribution in [0.25, 0.3) is 0 Å². The number of methoxy groups -OCH3 is 1. The first kappa shape index (κ1) is 13.1. The number of benzene rings is 1. The molecule has 0 amide bonds. The molecule has 0 fully saturated rings. The van der Waals surface area contributed by atoms with E-state index in [-0.39, 0.29) is 17.5 Å². The van der Waals surface area contributed by atoms with Gasteiger partial charge in [0.2, 0.25) is 11.6 Å². The van der Waals surface area contributed by atoms with E-state index in [0.29, 0.717) is 6.42 Å². The maximum Gasteiger partial charge on any atom is 0.338 e. The van der Waals surface area contributed by atoms with E-state index in [4.69, 9.17) is 0 Å². The van der Waals surface area contributed by atoms with E-state index in [1.54, 1.807) is 12.1 Å². The molecule has 0 radical (unpaired) electrons. The summed E-state index contributed by atoms with van der Waals surface area (Å²) in [6.07, 6.45) is 0.791. The van der Waals surface area contributed by atoms with Crippen molar-refractivity contribution in [3.8, 4) is 0 Å². The fourth-order valence-corrected chi connectivity index (χ4v) is 1.46. The molecule has 90 valence electrons. The van der Waals surface area contributed by atoms with Gasteiger partial charge in [-0.1, -0.05) is 25.1 Å². The fourth-order valence-electron chi connectivity index (χ4n) is 1.46. The van der Waals surface area contributed by atoms with Crippen LogP contribution in [-0.4, -0.2) is 24.6 Å². The molecular weight excluding hydrogens is 220 g/mol. The Kier molecular flexibility index (Phi) is 4.57. The summed E-state index contributed by atoms with van der Waals surface area (Å²) in [5, 5.41) is 0. The van der Waals surface area contributed by atoms with Gasteiger partial charge in [0.05, 0.1) is 12.7 Å². The van der Waals surface area contributed by atoms with Crippen LogP contribution in [0.3, 0.4) is 0 Å². The van der Waals surface area contributed by atoms with Gasteiger partial charge in [-0.05, 0) is 12.5 Å². The Morgan fingerprint density at radius 1 is 1.12 bits per heavy atom. The molecule has 0 aliphatic rings. The van der Waals surface area contributed by atoms with Crippen molar-refractivity contribution in [3.05, 3.63) is 35.4 Å². The van der Waals surface area contributed by atoms with Gasteiger partial charge in [-0.3, -0.25) is 9.59 Å². The predicted octanol–water partition coefficient (Wildman–Crippen LogP) is 2.03. The van der Waals surface area contributed by atoms with E-state index in [1.165, 1.54) is 19.2 Å². The first-order valence-electron chi connectivity index (χ1n) is 5.36. The Morgan fingerprint density at radius 2 is 1.71 bits per heavy atom. The number of esters is 1. The van der Waals surface area contributed by atoms with Gasteiger partial charge in [0.25, 0.3) is 0 Å². The molecule has 0 aromatic heterocycles. The minimum atomic E-state index is -0.632. The third-order valence-corrected chi connectivity index (χ3v) is 2.31. The molecule has 0 unspecified atom stereocenters. The van der Waals surface area contributed by atoms with E-state index in [9.17, 15) is 14.4 Å². The molecular formula is C13H14O4. The summed E-state index contributed by atoms with van der Waals surface area (Å²) in [5.41, 5.74) is 0.238. The highest BCUT2D eigenvalue weighted by atomic mass is 16.5.